The molecular weight excluding hydrogens is 316 g/mol. The number of ether oxygens (including phenoxy) is 1. The summed E-state index contributed by atoms with van der Waals surface area (Å²) in [5.74, 6) is 1.43. The number of pyridine rings is 1. The molecule has 2 heterocycles. The van der Waals surface area contributed by atoms with Gasteiger partial charge < -0.3 is 15.2 Å². The van der Waals surface area contributed by atoms with Crippen LogP contribution in [-0.2, 0) is 0 Å². The van der Waals surface area contributed by atoms with Gasteiger partial charge in [-0.25, -0.2) is 9.67 Å². The van der Waals surface area contributed by atoms with Crippen LogP contribution in [0, 0.1) is 13.8 Å². The molecular formula is C19H22N4O2. The summed E-state index contributed by atoms with van der Waals surface area (Å²) in [6.07, 6.45) is 1.12. The molecule has 0 radical (unpaired) electrons. The number of methoxy groups -OCH3 is 1. The number of aryl methyl sites for hydroxylation is 2. The van der Waals surface area contributed by atoms with Crippen molar-refractivity contribution in [1.82, 2.24) is 14.8 Å². The summed E-state index contributed by atoms with van der Waals surface area (Å²) < 4.78 is 7.04. The maximum absolute atomic E-state index is 10.3. The lowest BCUT2D eigenvalue weighted by molar-refractivity contribution is 0.191. The first-order valence-corrected chi connectivity index (χ1v) is 8.12. The number of benzene rings is 1. The highest BCUT2D eigenvalue weighted by atomic mass is 16.5. The normalized spacial score (nSPS) is 12.0. The lowest BCUT2D eigenvalue weighted by atomic mass is 10.1. The Labute approximate surface area is 147 Å². The number of aromatic nitrogens is 3. The fraction of sp³-hybridized carbons (Fsp3) is 0.263. The van der Waals surface area contributed by atoms with Gasteiger partial charge in [0.05, 0.1) is 30.8 Å². The SMILES string of the molecule is COc1cccc(C(O)CNc2ccc(-n3nc(C)cc3C)cn2)c1. The molecule has 0 bridgehead atoms. The van der Waals surface area contributed by atoms with Gasteiger partial charge in [-0.3, -0.25) is 0 Å². The Hall–Kier alpha value is -2.86. The molecule has 0 aliphatic carbocycles. The van der Waals surface area contributed by atoms with Crippen molar-refractivity contribution in [2.45, 2.75) is 20.0 Å². The summed E-state index contributed by atoms with van der Waals surface area (Å²) in [7, 11) is 1.61. The molecule has 0 spiro atoms. The van der Waals surface area contributed by atoms with Gasteiger partial charge in [-0.2, -0.15) is 5.10 Å². The zero-order valence-corrected chi connectivity index (χ0v) is 14.6. The molecule has 0 saturated heterocycles. The van der Waals surface area contributed by atoms with E-state index in [9.17, 15) is 5.11 Å². The van der Waals surface area contributed by atoms with E-state index >= 15 is 0 Å². The van der Waals surface area contributed by atoms with Crippen LogP contribution in [0.3, 0.4) is 0 Å². The number of nitrogens with zero attached hydrogens (tertiary/aromatic N) is 3. The number of hydrogen-bond donors (Lipinski definition) is 2. The van der Waals surface area contributed by atoms with Gasteiger partial charge in [-0.15, -0.1) is 0 Å². The lowest BCUT2D eigenvalue weighted by Crippen LogP contribution is -2.13. The predicted octanol–water partition coefficient (Wildman–Crippen LogP) is 3.04. The molecule has 0 aliphatic heterocycles. The van der Waals surface area contributed by atoms with E-state index in [0.29, 0.717) is 12.4 Å². The van der Waals surface area contributed by atoms with Crippen LogP contribution in [-0.4, -0.2) is 33.5 Å². The predicted molar refractivity (Wildman–Crippen MR) is 97.3 cm³/mol. The monoisotopic (exact) mass is 338 g/mol. The maximum atomic E-state index is 10.3. The molecule has 0 amide bonds. The van der Waals surface area contributed by atoms with E-state index in [4.69, 9.17) is 4.74 Å². The van der Waals surface area contributed by atoms with Crippen molar-refractivity contribution in [2.24, 2.45) is 0 Å². The topological polar surface area (TPSA) is 72.2 Å². The molecule has 25 heavy (non-hydrogen) atoms. The van der Waals surface area contributed by atoms with E-state index in [-0.39, 0.29) is 0 Å². The number of aliphatic hydroxyl groups is 1. The van der Waals surface area contributed by atoms with Crippen molar-refractivity contribution in [1.29, 1.82) is 0 Å². The van der Waals surface area contributed by atoms with Crippen LogP contribution in [0.25, 0.3) is 5.69 Å². The Morgan fingerprint density at radius 1 is 1.20 bits per heavy atom. The third-order valence-electron chi connectivity index (χ3n) is 3.96. The smallest absolute Gasteiger partial charge is 0.126 e. The number of nitrogens with one attached hydrogen (secondary N) is 1. The van der Waals surface area contributed by atoms with Crippen molar-refractivity contribution in [2.75, 3.05) is 19.0 Å². The van der Waals surface area contributed by atoms with Crippen molar-refractivity contribution < 1.29 is 9.84 Å². The van der Waals surface area contributed by atoms with E-state index < -0.39 is 6.10 Å². The Morgan fingerprint density at radius 3 is 2.68 bits per heavy atom. The highest BCUT2D eigenvalue weighted by Gasteiger charge is 2.09. The minimum absolute atomic E-state index is 0.361. The molecule has 2 aromatic heterocycles. The molecule has 6 nitrogen and oxygen atoms in total. The van der Waals surface area contributed by atoms with Gasteiger partial charge >= 0.3 is 0 Å². The van der Waals surface area contributed by atoms with Gasteiger partial charge in [0.2, 0.25) is 0 Å². The Bertz CT molecular complexity index is 843. The molecule has 3 aromatic rings. The van der Waals surface area contributed by atoms with Crippen molar-refractivity contribution in [3.63, 3.8) is 0 Å². The van der Waals surface area contributed by atoms with Crippen LogP contribution in [0.5, 0.6) is 5.75 Å². The van der Waals surface area contributed by atoms with E-state index in [0.717, 1.165) is 28.4 Å². The van der Waals surface area contributed by atoms with E-state index in [2.05, 4.69) is 15.4 Å². The minimum Gasteiger partial charge on any atom is -0.497 e. The van der Waals surface area contributed by atoms with E-state index in [1.54, 1.807) is 13.3 Å². The van der Waals surface area contributed by atoms with Gasteiger partial charge in [-0.1, -0.05) is 12.1 Å². The number of anilines is 1. The Morgan fingerprint density at radius 2 is 2.04 bits per heavy atom. The second kappa shape index (κ2) is 7.36. The van der Waals surface area contributed by atoms with Crippen molar-refractivity contribution >= 4 is 5.82 Å². The molecule has 1 unspecified atom stereocenters. The summed E-state index contributed by atoms with van der Waals surface area (Å²) >= 11 is 0. The highest BCUT2D eigenvalue weighted by molar-refractivity contribution is 5.42. The zero-order valence-electron chi connectivity index (χ0n) is 14.6. The Kier molecular flexibility index (Phi) is 5.00. The molecule has 130 valence electrons. The number of rotatable bonds is 6. The van der Waals surface area contributed by atoms with Crippen LogP contribution in [0.15, 0.2) is 48.7 Å². The van der Waals surface area contributed by atoms with Gasteiger partial charge in [-0.05, 0) is 49.7 Å². The second-order valence-corrected chi connectivity index (χ2v) is 5.91. The molecule has 0 fully saturated rings. The zero-order chi connectivity index (χ0) is 17.8. The average molecular weight is 338 g/mol. The first-order valence-electron chi connectivity index (χ1n) is 8.12. The first kappa shape index (κ1) is 17.0. The average Bonchev–Trinajstić information content (AvgIpc) is 2.98. The van der Waals surface area contributed by atoms with Crippen molar-refractivity contribution in [3.05, 3.63) is 65.6 Å². The molecule has 0 aliphatic rings. The minimum atomic E-state index is -0.646. The quantitative estimate of drug-likeness (QED) is 0.723. The third-order valence-corrected chi connectivity index (χ3v) is 3.96. The first-order chi connectivity index (χ1) is 12.1. The molecule has 1 atom stereocenters. The molecule has 0 saturated carbocycles. The summed E-state index contributed by atoms with van der Waals surface area (Å²) in [5, 5.41) is 17.9. The largest absolute Gasteiger partial charge is 0.497 e. The van der Waals surface area contributed by atoms with Crippen LogP contribution in [0.2, 0.25) is 0 Å². The molecule has 1 aromatic carbocycles. The lowest BCUT2D eigenvalue weighted by Gasteiger charge is -2.14. The third kappa shape index (κ3) is 3.97. The van der Waals surface area contributed by atoms with E-state index in [1.165, 1.54) is 0 Å². The van der Waals surface area contributed by atoms with Crippen LogP contribution in [0.4, 0.5) is 5.82 Å². The van der Waals surface area contributed by atoms with Gasteiger partial charge in [0.1, 0.15) is 11.6 Å². The van der Waals surface area contributed by atoms with Crippen LogP contribution >= 0.6 is 0 Å². The van der Waals surface area contributed by atoms with Crippen molar-refractivity contribution in [3.8, 4) is 11.4 Å². The highest BCUT2D eigenvalue weighted by Crippen LogP contribution is 2.20. The molecule has 6 heteroatoms. The van der Waals surface area contributed by atoms with Crippen LogP contribution < -0.4 is 10.1 Å². The second-order valence-electron chi connectivity index (χ2n) is 5.91. The van der Waals surface area contributed by atoms with E-state index in [1.807, 2.05) is 61.0 Å². The summed E-state index contributed by atoms with van der Waals surface area (Å²) in [5.41, 5.74) is 3.74. The maximum Gasteiger partial charge on any atom is 0.126 e. The Balaban J connectivity index is 1.64. The van der Waals surface area contributed by atoms with Gasteiger partial charge in [0.15, 0.2) is 0 Å². The summed E-state index contributed by atoms with van der Waals surface area (Å²) in [4.78, 5) is 4.40. The van der Waals surface area contributed by atoms with Gasteiger partial charge in [0.25, 0.3) is 0 Å². The molecule has 3 rings (SSSR count). The number of aliphatic hydroxyl groups excluding tert-OH is 1. The standard InChI is InChI=1S/C19H22N4O2/c1-13-9-14(2)23(22-13)16-7-8-19(20-11-16)21-12-18(24)15-5-4-6-17(10-15)25-3/h4-11,18,24H,12H2,1-3H3,(H,20,21). The van der Waals surface area contributed by atoms with Gasteiger partial charge in [0, 0.05) is 12.2 Å². The molecule has 2 N–H and O–H groups in total. The summed E-state index contributed by atoms with van der Waals surface area (Å²) in [6, 6.07) is 13.3. The summed E-state index contributed by atoms with van der Waals surface area (Å²) in [6.45, 7) is 4.34. The number of hydrogen-bond acceptors (Lipinski definition) is 5. The van der Waals surface area contributed by atoms with Crippen LogP contribution in [0.1, 0.15) is 23.1 Å². The fourth-order valence-corrected chi connectivity index (χ4v) is 2.67. The fourth-order valence-electron chi connectivity index (χ4n) is 2.67.